The van der Waals surface area contributed by atoms with Crippen LogP contribution >= 0.6 is 0 Å². The number of fused-ring (bicyclic) bond motifs is 2. The fourth-order valence-corrected chi connectivity index (χ4v) is 5.00. The minimum absolute atomic E-state index is 0.00531. The molecule has 0 unspecified atom stereocenters. The summed E-state index contributed by atoms with van der Waals surface area (Å²) in [5.74, 6) is 1.08. The number of pyridine rings is 1. The third-order valence-electron chi connectivity index (χ3n) is 7.15. The molecule has 0 aromatic carbocycles. The molecule has 1 amide bonds. The van der Waals surface area contributed by atoms with Crippen molar-refractivity contribution in [1.29, 1.82) is 0 Å². The summed E-state index contributed by atoms with van der Waals surface area (Å²) in [7, 11) is 0. The third-order valence-corrected chi connectivity index (χ3v) is 7.15. The molecule has 1 saturated carbocycles. The van der Waals surface area contributed by atoms with E-state index >= 15 is 0 Å². The summed E-state index contributed by atoms with van der Waals surface area (Å²) in [6.45, 7) is 6.06. The lowest BCUT2D eigenvalue weighted by Gasteiger charge is -2.31. The number of aryl methyl sites for hydroxylation is 1. The number of carbonyl (C=O) groups is 1. The minimum atomic E-state index is -0.782. The smallest absolute Gasteiger partial charge is 0.258 e. The van der Waals surface area contributed by atoms with Crippen molar-refractivity contribution in [3.05, 3.63) is 41.2 Å². The fourth-order valence-electron chi connectivity index (χ4n) is 5.00. The van der Waals surface area contributed by atoms with E-state index in [1.807, 2.05) is 11.0 Å². The van der Waals surface area contributed by atoms with Crippen molar-refractivity contribution in [2.24, 2.45) is 0 Å². The number of hydrogen-bond acceptors (Lipinski definition) is 7. The fraction of sp³-hybridized carbons (Fsp3) is 0.500. The molecular weight excluding hydrogens is 423 g/mol. The maximum atomic E-state index is 13.8. The second kappa shape index (κ2) is 7.40. The lowest BCUT2D eigenvalue weighted by molar-refractivity contribution is 0.0732. The van der Waals surface area contributed by atoms with Gasteiger partial charge in [-0.25, -0.2) is 14.4 Å². The highest BCUT2D eigenvalue weighted by Gasteiger charge is 2.39. The number of alkyl halides is 1. The maximum Gasteiger partial charge on any atom is 0.258 e. The van der Waals surface area contributed by atoms with Gasteiger partial charge in [-0.3, -0.25) is 9.78 Å². The van der Waals surface area contributed by atoms with Crippen molar-refractivity contribution in [3.8, 4) is 0 Å². The van der Waals surface area contributed by atoms with E-state index in [0.717, 1.165) is 36.3 Å². The van der Waals surface area contributed by atoms with E-state index in [4.69, 9.17) is 4.42 Å². The Morgan fingerprint density at radius 2 is 2.12 bits per heavy atom. The van der Waals surface area contributed by atoms with Gasteiger partial charge in [0.1, 0.15) is 24.1 Å². The van der Waals surface area contributed by atoms with E-state index in [0.29, 0.717) is 60.7 Å². The van der Waals surface area contributed by atoms with Crippen molar-refractivity contribution < 1.29 is 13.6 Å². The molecule has 0 bridgehead atoms. The van der Waals surface area contributed by atoms with Gasteiger partial charge in [0.15, 0.2) is 0 Å². The van der Waals surface area contributed by atoms with E-state index in [1.54, 1.807) is 13.1 Å². The Morgan fingerprint density at radius 3 is 2.88 bits per heavy atom. The van der Waals surface area contributed by atoms with Crippen LogP contribution in [0.3, 0.4) is 0 Å². The van der Waals surface area contributed by atoms with E-state index < -0.39 is 6.17 Å². The van der Waals surface area contributed by atoms with Gasteiger partial charge in [0, 0.05) is 42.6 Å². The van der Waals surface area contributed by atoms with E-state index in [9.17, 15) is 9.18 Å². The monoisotopic (exact) mass is 450 g/mol. The topological polar surface area (TPSA) is 87.4 Å². The molecule has 6 rings (SSSR count). The number of nitrogens with zero attached hydrogens (tertiary/aromatic N) is 5. The highest BCUT2D eigenvalue weighted by Crippen LogP contribution is 2.40. The van der Waals surface area contributed by atoms with Crippen LogP contribution in [0.25, 0.3) is 11.1 Å². The molecule has 33 heavy (non-hydrogen) atoms. The average Bonchev–Trinajstić information content (AvgIpc) is 3.21. The first-order chi connectivity index (χ1) is 15.9. The lowest BCUT2D eigenvalue weighted by atomic mass is 10.0. The van der Waals surface area contributed by atoms with Gasteiger partial charge in [-0.15, -0.1) is 0 Å². The summed E-state index contributed by atoms with van der Waals surface area (Å²) in [4.78, 5) is 30.9. The number of amides is 1. The van der Waals surface area contributed by atoms with E-state index in [1.165, 1.54) is 6.33 Å². The third kappa shape index (κ3) is 3.50. The van der Waals surface area contributed by atoms with Gasteiger partial charge in [0.05, 0.1) is 23.2 Å². The van der Waals surface area contributed by atoms with Crippen molar-refractivity contribution in [2.45, 2.75) is 57.8 Å². The molecule has 1 N–H and O–H groups in total. The van der Waals surface area contributed by atoms with Crippen molar-refractivity contribution in [1.82, 2.24) is 19.9 Å². The van der Waals surface area contributed by atoms with Crippen LogP contribution in [0.4, 0.5) is 15.9 Å². The van der Waals surface area contributed by atoms with Crippen molar-refractivity contribution >= 4 is 28.5 Å². The first kappa shape index (κ1) is 20.4. The zero-order valence-electron chi connectivity index (χ0n) is 18.9. The molecule has 3 aliphatic rings. The van der Waals surface area contributed by atoms with Crippen molar-refractivity contribution in [2.75, 3.05) is 29.9 Å². The molecular formula is C24H27FN6O2. The molecule has 5 heterocycles. The van der Waals surface area contributed by atoms with Gasteiger partial charge < -0.3 is 19.5 Å². The van der Waals surface area contributed by atoms with Crippen molar-refractivity contribution in [3.63, 3.8) is 0 Å². The average molecular weight is 451 g/mol. The molecule has 1 atom stereocenters. The molecule has 3 aromatic heterocycles. The zero-order chi connectivity index (χ0) is 22.7. The van der Waals surface area contributed by atoms with Gasteiger partial charge in [-0.1, -0.05) is 0 Å². The summed E-state index contributed by atoms with van der Waals surface area (Å²) < 4.78 is 19.6. The van der Waals surface area contributed by atoms with Gasteiger partial charge in [-0.2, -0.15) is 0 Å². The highest BCUT2D eigenvalue weighted by atomic mass is 19.1. The van der Waals surface area contributed by atoms with Crippen LogP contribution in [-0.2, 0) is 13.0 Å². The van der Waals surface area contributed by atoms with Crippen LogP contribution in [-0.4, -0.2) is 57.1 Å². The summed E-state index contributed by atoms with van der Waals surface area (Å²) in [5.41, 5.74) is 3.99. The summed E-state index contributed by atoms with van der Waals surface area (Å²) in [6, 6.07) is 1.97. The zero-order valence-corrected chi connectivity index (χ0v) is 18.9. The number of furan rings is 1. The molecule has 0 spiro atoms. The number of aromatic nitrogens is 3. The maximum absolute atomic E-state index is 13.8. The Balaban J connectivity index is 1.32. The second-order valence-electron chi connectivity index (χ2n) is 9.69. The van der Waals surface area contributed by atoms with Gasteiger partial charge in [-0.05, 0) is 45.6 Å². The molecule has 1 saturated heterocycles. The first-order valence-corrected chi connectivity index (χ1v) is 11.6. The lowest BCUT2D eigenvalue weighted by Crippen LogP contribution is -2.37. The number of halogens is 1. The number of nitrogens with one attached hydrogen (secondary N) is 1. The van der Waals surface area contributed by atoms with Crippen LogP contribution < -0.4 is 10.2 Å². The molecule has 0 radical (unpaired) electrons. The van der Waals surface area contributed by atoms with Crippen LogP contribution in [0, 0.1) is 6.92 Å². The molecule has 2 fully saturated rings. The molecule has 3 aromatic rings. The summed E-state index contributed by atoms with van der Waals surface area (Å²) in [6.07, 6.45) is 5.83. The van der Waals surface area contributed by atoms with Gasteiger partial charge in [0.2, 0.25) is 5.71 Å². The van der Waals surface area contributed by atoms with Crippen LogP contribution in [0.2, 0.25) is 0 Å². The highest BCUT2D eigenvalue weighted by molar-refractivity contribution is 6.10. The van der Waals surface area contributed by atoms with E-state index in [2.05, 4.69) is 32.1 Å². The number of carbonyl (C=O) groups excluding carboxylic acids is 1. The Bertz CT molecular complexity index is 1250. The molecule has 9 heteroatoms. The predicted octanol–water partition coefficient (Wildman–Crippen LogP) is 3.64. The van der Waals surface area contributed by atoms with Gasteiger partial charge in [0.25, 0.3) is 5.91 Å². The first-order valence-electron chi connectivity index (χ1n) is 11.6. The Labute approximate surface area is 191 Å². The normalized spacial score (nSPS) is 21.4. The van der Waals surface area contributed by atoms with Crippen LogP contribution in [0.1, 0.15) is 53.6 Å². The Hall–Kier alpha value is -3.23. The molecule has 2 aliphatic heterocycles. The Kier molecular flexibility index (Phi) is 4.57. The van der Waals surface area contributed by atoms with Crippen LogP contribution in [0.15, 0.2) is 23.0 Å². The quantitative estimate of drug-likeness (QED) is 0.649. The summed E-state index contributed by atoms with van der Waals surface area (Å²) in [5, 5.41) is 4.12. The minimum Gasteiger partial charge on any atom is -0.442 e. The number of anilines is 2. The summed E-state index contributed by atoms with van der Waals surface area (Å²) >= 11 is 0. The van der Waals surface area contributed by atoms with Gasteiger partial charge >= 0.3 is 0 Å². The SMILES string of the molecule is Cc1oc2ncnc(NC3(C)CC3)c2c1C(=O)N1CCc2c(N3CC[C@H](F)C3)ccnc2C1. The van der Waals surface area contributed by atoms with Crippen LogP contribution in [0.5, 0.6) is 0 Å². The van der Waals surface area contributed by atoms with E-state index in [-0.39, 0.29) is 11.4 Å². The molecule has 1 aliphatic carbocycles. The molecule has 172 valence electrons. The second-order valence-corrected chi connectivity index (χ2v) is 9.69. The number of rotatable bonds is 4. The predicted molar refractivity (Wildman–Crippen MR) is 122 cm³/mol. The largest absolute Gasteiger partial charge is 0.442 e. The standard InChI is InChI=1S/C24H27FN6O2/c1-14-19(20-21(29-24(2)6-7-24)27-13-28-22(20)33-14)23(32)31-10-5-16-17(12-31)26-8-3-18(16)30-9-4-15(25)11-30/h3,8,13,15H,4-7,9-12H2,1-2H3,(H,27,28,29)/t15-/m0/s1. The number of hydrogen-bond donors (Lipinski definition) is 1. The molecule has 8 nitrogen and oxygen atoms in total. The Morgan fingerprint density at radius 1 is 1.27 bits per heavy atom.